The lowest BCUT2D eigenvalue weighted by Crippen LogP contribution is -2.39. The lowest BCUT2D eigenvalue weighted by Gasteiger charge is -2.33. The van der Waals surface area contributed by atoms with Crippen LogP contribution in [-0.2, 0) is 16.0 Å². The highest BCUT2D eigenvalue weighted by Gasteiger charge is 2.32. The van der Waals surface area contributed by atoms with Crippen molar-refractivity contribution in [1.29, 1.82) is 0 Å². The summed E-state index contributed by atoms with van der Waals surface area (Å²) >= 11 is 6.44. The maximum absolute atomic E-state index is 13.1. The van der Waals surface area contributed by atoms with Gasteiger partial charge in [0.15, 0.2) is 0 Å². The van der Waals surface area contributed by atoms with Crippen molar-refractivity contribution in [2.45, 2.75) is 103 Å². The predicted molar refractivity (Wildman–Crippen MR) is 138 cm³/mol. The molecule has 2 saturated carbocycles. The van der Waals surface area contributed by atoms with Gasteiger partial charge in [0.1, 0.15) is 5.60 Å². The van der Waals surface area contributed by atoms with E-state index in [1.165, 1.54) is 32.1 Å². The van der Waals surface area contributed by atoms with Crippen LogP contribution in [0.15, 0.2) is 21.3 Å². The van der Waals surface area contributed by atoms with E-state index in [0.29, 0.717) is 36.2 Å². The van der Waals surface area contributed by atoms with Gasteiger partial charge in [-0.2, -0.15) is 10.2 Å². The van der Waals surface area contributed by atoms with Crippen molar-refractivity contribution < 1.29 is 14.3 Å². The maximum atomic E-state index is 13.1. The Labute approximate surface area is 212 Å². The third-order valence-corrected chi connectivity index (χ3v) is 7.66. The molecule has 4 aliphatic rings. The molecule has 8 heteroatoms. The van der Waals surface area contributed by atoms with Crippen LogP contribution >= 0.6 is 11.6 Å². The number of hydrogen-bond donors (Lipinski definition) is 1. The normalized spacial score (nSPS) is 25.3. The number of H-pyrrole nitrogens is 1. The number of nitrogens with one attached hydrogen (secondary N) is 1. The topological polar surface area (TPSA) is 79.3 Å². The Hall–Kier alpha value is -2.12. The Kier molecular flexibility index (Phi) is 7.09. The highest BCUT2D eigenvalue weighted by Crippen LogP contribution is 2.36. The second kappa shape index (κ2) is 10.1. The molecule has 2 aliphatic carbocycles. The van der Waals surface area contributed by atoms with E-state index in [9.17, 15) is 4.79 Å². The second-order valence-electron chi connectivity index (χ2n) is 11.2. The van der Waals surface area contributed by atoms with Crippen LogP contribution in [0.25, 0.3) is 11.8 Å². The molecule has 1 N–H and O–H groups in total. The summed E-state index contributed by atoms with van der Waals surface area (Å²) in [7, 11) is 0. The lowest BCUT2D eigenvalue weighted by molar-refractivity contribution is -0.0482. The summed E-state index contributed by atoms with van der Waals surface area (Å²) in [6.07, 6.45) is 14.7. The lowest BCUT2D eigenvalue weighted by atomic mass is 9.84. The molecule has 5 rings (SSSR count). The van der Waals surface area contributed by atoms with E-state index in [4.69, 9.17) is 21.1 Å². The van der Waals surface area contributed by atoms with Gasteiger partial charge in [-0.3, -0.25) is 4.90 Å². The number of carbonyl (C=O) groups is 1. The molecule has 0 spiro atoms. The summed E-state index contributed by atoms with van der Waals surface area (Å²) < 4.78 is 12.2. The molecule has 0 radical (unpaired) electrons. The molecule has 0 aromatic carbocycles. The van der Waals surface area contributed by atoms with E-state index in [1.807, 2.05) is 32.9 Å². The molecule has 0 unspecified atom stereocenters. The number of nitrogens with zero attached hydrogens (tertiary/aromatic N) is 3. The molecule has 2 aliphatic heterocycles. The molecule has 7 nitrogen and oxygen atoms in total. The van der Waals surface area contributed by atoms with Crippen molar-refractivity contribution in [3.05, 3.63) is 27.4 Å². The molecule has 1 amide bonds. The van der Waals surface area contributed by atoms with Crippen LogP contribution in [0.2, 0.25) is 0 Å². The van der Waals surface area contributed by atoms with Gasteiger partial charge in [0.25, 0.3) is 0 Å². The summed E-state index contributed by atoms with van der Waals surface area (Å²) in [5, 5.41) is 11.5. The van der Waals surface area contributed by atoms with Crippen molar-refractivity contribution in [3.8, 4) is 0 Å². The first-order valence-electron chi connectivity index (χ1n) is 13.1. The summed E-state index contributed by atoms with van der Waals surface area (Å²) in [5.41, 5.74) is 2.19. The third kappa shape index (κ3) is 5.51. The number of aromatic amines is 1. The fourth-order valence-electron chi connectivity index (χ4n) is 5.75. The Morgan fingerprint density at radius 2 is 1.80 bits per heavy atom. The first-order valence-corrected chi connectivity index (χ1v) is 13.5. The van der Waals surface area contributed by atoms with Crippen LogP contribution in [0.1, 0.15) is 84.1 Å². The quantitative estimate of drug-likeness (QED) is 0.582. The van der Waals surface area contributed by atoms with Gasteiger partial charge in [-0.25, -0.2) is 4.79 Å². The maximum Gasteiger partial charge on any atom is 0.415 e. The van der Waals surface area contributed by atoms with Gasteiger partial charge in [-0.05, 0) is 71.4 Å². The molecule has 2 fully saturated rings. The number of ether oxygens (including phenoxy) is 2. The van der Waals surface area contributed by atoms with Gasteiger partial charge in [0, 0.05) is 23.1 Å². The molecule has 0 atom stereocenters. The van der Waals surface area contributed by atoms with Gasteiger partial charge < -0.3 is 14.5 Å². The van der Waals surface area contributed by atoms with Gasteiger partial charge in [0.2, 0.25) is 0 Å². The zero-order valence-corrected chi connectivity index (χ0v) is 21.9. The van der Waals surface area contributed by atoms with Crippen LogP contribution in [0.5, 0.6) is 0 Å². The molecule has 1 aromatic heterocycles. The highest BCUT2D eigenvalue weighted by atomic mass is 35.5. The average molecular weight is 501 g/mol. The van der Waals surface area contributed by atoms with E-state index < -0.39 is 5.60 Å². The molecule has 3 heterocycles. The monoisotopic (exact) mass is 500 g/mol. The minimum Gasteiger partial charge on any atom is -0.443 e. The summed E-state index contributed by atoms with van der Waals surface area (Å²) in [6.45, 7) is 6.39. The van der Waals surface area contributed by atoms with Crippen LogP contribution in [0.4, 0.5) is 10.5 Å². The van der Waals surface area contributed by atoms with Gasteiger partial charge in [-0.1, -0.05) is 30.9 Å². The summed E-state index contributed by atoms with van der Waals surface area (Å²) in [4.78, 5) is 18.3. The van der Waals surface area contributed by atoms with Crippen molar-refractivity contribution >= 4 is 35.2 Å². The van der Waals surface area contributed by atoms with Crippen LogP contribution < -0.4 is 15.6 Å². The Morgan fingerprint density at radius 3 is 2.51 bits per heavy atom. The number of hydrogen-bond acceptors (Lipinski definition) is 5. The van der Waals surface area contributed by atoms with Gasteiger partial charge >= 0.3 is 6.09 Å². The van der Waals surface area contributed by atoms with Gasteiger partial charge in [0.05, 0.1) is 40.8 Å². The first-order chi connectivity index (χ1) is 16.8. The fraction of sp³-hybridized carbons (Fsp3) is 0.667. The zero-order valence-electron chi connectivity index (χ0n) is 21.1. The fourth-order valence-corrected chi connectivity index (χ4v) is 5.93. The van der Waals surface area contributed by atoms with Crippen molar-refractivity contribution in [3.63, 3.8) is 0 Å². The molecular formula is C27H37ClN4O3. The van der Waals surface area contributed by atoms with Crippen LogP contribution in [0, 0.1) is 5.92 Å². The Bertz CT molecular complexity index is 1130. The largest absolute Gasteiger partial charge is 0.443 e. The van der Waals surface area contributed by atoms with E-state index >= 15 is 0 Å². The number of amides is 1. The van der Waals surface area contributed by atoms with Gasteiger partial charge in [-0.15, -0.1) is 0 Å². The number of rotatable bonds is 3. The summed E-state index contributed by atoms with van der Waals surface area (Å²) in [5.74, 6) is 0.326. The number of azo groups is 1. The number of carbonyl (C=O) groups excluding carboxylic acids is 1. The van der Waals surface area contributed by atoms with Crippen LogP contribution in [-0.4, -0.2) is 35.4 Å². The number of halogens is 1. The summed E-state index contributed by atoms with van der Waals surface area (Å²) in [6, 6.07) is 0. The zero-order chi connectivity index (χ0) is 24.6. The average Bonchev–Trinajstić information content (AvgIpc) is 3.08. The number of fused-ring (bicyclic) bond motifs is 3. The Morgan fingerprint density at radius 1 is 1.09 bits per heavy atom. The van der Waals surface area contributed by atoms with Crippen LogP contribution in [0.3, 0.4) is 0 Å². The van der Waals surface area contributed by atoms with E-state index in [0.717, 1.165) is 53.3 Å². The highest BCUT2D eigenvalue weighted by molar-refractivity contribution is 6.34. The Balaban J connectivity index is 1.42. The number of anilines is 1. The van der Waals surface area contributed by atoms with Crippen molar-refractivity contribution in [2.24, 2.45) is 16.1 Å². The molecule has 190 valence electrons. The predicted octanol–water partition coefficient (Wildman–Crippen LogP) is 5.66. The molecule has 0 saturated heterocycles. The molecule has 0 bridgehead atoms. The third-order valence-electron chi connectivity index (χ3n) is 7.40. The minimum absolute atomic E-state index is 0.326. The second-order valence-corrected chi connectivity index (χ2v) is 11.7. The van der Waals surface area contributed by atoms with E-state index in [2.05, 4.69) is 15.2 Å². The minimum atomic E-state index is -0.591. The smallest absolute Gasteiger partial charge is 0.415 e. The molecule has 1 aromatic rings. The first kappa shape index (κ1) is 24.6. The van der Waals surface area contributed by atoms with E-state index in [1.54, 1.807) is 4.90 Å². The number of allylic oxidation sites excluding steroid dienone is 1. The SMILES string of the molecule is CC(C)(C)OC(=O)N1CC=C(Cl)C=c2[nH]c3c(c21)CN=NC=3[C@H]1CC[C@@H](OC2CCCCC2)CC1. The van der Waals surface area contributed by atoms with E-state index in [-0.39, 0.29) is 6.09 Å². The molecular weight excluding hydrogens is 464 g/mol. The standard InChI is InChI=1S/C27H37ClN4O3/c1-27(2,3)35-26(33)32-14-13-18(28)15-22-25(32)21-16-29-31-23(24(21)30-22)17-9-11-20(12-10-17)34-19-7-5-4-6-8-19/h13,15,17,19-20,30H,4-12,14,16H2,1-3H3/t17-,20+. The van der Waals surface area contributed by atoms with Crippen molar-refractivity contribution in [2.75, 3.05) is 11.4 Å². The number of aromatic nitrogens is 1. The van der Waals surface area contributed by atoms with Crippen molar-refractivity contribution in [1.82, 2.24) is 4.98 Å². The molecule has 35 heavy (non-hydrogen) atoms.